The zero-order valence-electron chi connectivity index (χ0n) is 16.3. The molecule has 0 amide bonds. The number of anilines is 1. The molecule has 1 aliphatic rings. The van der Waals surface area contributed by atoms with E-state index in [9.17, 15) is 4.79 Å². The molecule has 0 saturated carbocycles. The van der Waals surface area contributed by atoms with E-state index in [1.807, 2.05) is 31.2 Å². The number of aromatic nitrogens is 4. The van der Waals surface area contributed by atoms with Crippen molar-refractivity contribution in [3.05, 3.63) is 45.6 Å². The molecule has 0 bridgehead atoms. The number of halogens is 1. The molecule has 1 atom stereocenters. The summed E-state index contributed by atoms with van der Waals surface area (Å²) >= 11 is 3.45. The van der Waals surface area contributed by atoms with E-state index in [4.69, 9.17) is 4.74 Å². The molecule has 0 spiro atoms. The van der Waals surface area contributed by atoms with Gasteiger partial charge in [0.25, 0.3) is 0 Å². The minimum absolute atomic E-state index is 0.326. The van der Waals surface area contributed by atoms with Gasteiger partial charge in [-0.2, -0.15) is 4.68 Å². The topological polar surface area (TPSA) is 81.9 Å². The molecule has 3 rings (SSSR count). The Morgan fingerprint density at radius 2 is 1.89 bits per heavy atom. The Balaban J connectivity index is 1.72. The fourth-order valence-corrected chi connectivity index (χ4v) is 3.62. The number of nitrogens with one attached hydrogen (secondary N) is 1. The number of rotatable bonds is 9. The first kappa shape index (κ1) is 20.5. The van der Waals surface area contributed by atoms with Crippen LogP contribution in [0.3, 0.4) is 0 Å². The number of allylic oxidation sites excluding steroid dienone is 1. The quantitative estimate of drug-likeness (QED) is 0.445. The molecule has 0 radical (unpaired) electrons. The van der Waals surface area contributed by atoms with Crippen molar-refractivity contribution in [1.29, 1.82) is 0 Å². The molecule has 8 heteroatoms. The number of carbonyl (C=O) groups excluding carboxylic acids is 1. The molecule has 1 aliphatic heterocycles. The first-order chi connectivity index (χ1) is 13.6. The van der Waals surface area contributed by atoms with Crippen molar-refractivity contribution in [2.45, 2.75) is 58.4 Å². The van der Waals surface area contributed by atoms with Gasteiger partial charge in [0, 0.05) is 10.2 Å². The molecule has 2 aromatic rings. The third-order valence-electron chi connectivity index (χ3n) is 4.85. The average molecular weight is 448 g/mol. The zero-order valence-corrected chi connectivity index (χ0v) is 17.9. The third kappa shape index (κ3) is 4.79. The molecule has 1 aromatic heterocycles. The Kier molecular flexibility index (Phi) is 7.19. The van der Waals surface area contributed by atoms with Crippen molar-refractivity contribution < 1.29 is 9.53 Å². The molecular formula is C20H26BrN5O2. The lowest BCUT2D eigenvalue weighted by atomic mass is 9.96. The largest absolute Gasteiger partial charge is 0.462 e. The number of fused-ring (bicyclic) bond motifs is 1. The van der Waals surface area contributed by atoms with Crippen molar-refractivity contribution in [2.75, 3.05) is 11.9 Å². The van der Waals surface area contributed by atoms with Gasteiger partial charge in [0.15, 0.2) is 0 Å². The van der Waals surface area contributed by atoms with Crippen molar-refractivity contribution in [1.82, 2.24) is 20.2 Å². The molecule has 1 N–H and O–H groups in total. The number of unbranched alkanes of at least 4 members (excludes halogenated alkanes) is 5. The second-order valence-corrected chi connectivity index (χ2v) is 7.88. The number of hydrogen-bond donors (Lipinski definition) is 1. The van der Waals surface area contributed by atoms with E-state index in [2.05, 4.69) is 43.7 Å². The van der Waals surface area contributed by atoms with E-state index in [0.29, 0.717) is 23.8 Å². The predicted octanol–water partition coefficient (Wildman–Crippen LogP) is 4.63. The zero-order chi connectivity index (χ0) is 19.9. The summed E-state index contributed by atoms with van der Waals surface area (Å²) in [6.45, 7) is 4.48. The number of esters is 1. The van der Waals surface area contributed by atoms with Crippen molar-refractivity contribution in [3.63, 3.8) is 0 Å². The number of ether oxygens (including phenoxy) is 1. The first-order valence-corrected chi connectivity index (χ1v) is 10.6. The standard InChI is InChI=1S/C20H26BrN5O2/c1-3-4-5-6-7-8-13-28-19(27)17-14(2)22-20-23-24-25-26(20)18(17)15-9-11-16(21)12-10-15/h9-12,18H,3-8,13H2,1-2H3,(H,22,23,25)/t18-/m0/s1. The van der Waals surface area contributed by atoms with Gasteiger partial charge in [-0.15, -0.1) is 0 Å². The second kappa shape index (κ2) is 9.82. The van der Waals surface area contributed by atoms with Crippen LogP contribution >= 0.6 is 15.9 Å². The molecule has 150 valence electrons. The summed E-state index contributed by atoms with van der Waals surface area (Å²) in [7, 11) is 0. The number of hydrogen-bond acceptors (Lipinski definition) is 6. The summed E-state index contributed by atoms with van der Waals surface area (Å²) in [5, 5.41) is 14.9. The Morgan fingerprint density at radius 1 is 1.18 bits per heavy atom. The smallest absolute Gasteiger partial charge is 0.338 e. The SMILES string of the molecule is CCCCCCCCOC(=O)C1=C(C)Nc2nnnn2[C@H]1c1ccc(Br)cc1. The van der Waals surface area contributed by atoms with Crippen LogP contribution in [-0.2, 0) is 9.53 Å². The van der Waals surface area contributed by atoms with Crippen LogP contribution in [0.2, 0.25) is 0 Å². The fourth-order valence-electron chi connectivity index (χ4n) is 3.35. The lowest BCUT2D eigenvalue weighted by Gasteiger charge is -2.27. The van der Waals surface area contributed by atoms with E-state index >= 15 is 0 Å². The van der Waals surface area contributed by atoms with Crippen molar-refractivity contribution >= 4 is 27.8 Å². The summed E-state index contributed by atoms with van der Waals surface area (Å²) in [6.07, 6.45) is 6.88. The maximum absolute atomic E-state index is 12.9. The normalized spacial score (nSPS) is 15.9. The Bertz CT molecular complexity index is 831. The maximum atomic E-state index is 12.9. The Morgan fingerprint density at radius 3 is 2.64 bits per heavy atom. The van der Waals surface area contributed by atoms with Crippen LogP contribution in [0.5, 0.6) is 0 Å². The minimum atomic E-state index is -0.420. The number of tetrazole rings is 1. The molecule has 0 unspecified atom stereocenters. The van der Waals surface area contributed by atoms with Gasteiger partial charge >= 0.3 is 5.97 Å². The van der Waals surface area contributed by atoms with E-state index < -0.39 is 6.04 Å². The van der Waals surface area contributed by atoms with Gasteiger partial charge in [0.1, 0.15) is 6.04 Å². The third-order valence-corrected chi connectivity index (χ3v) is 5.38. The predicted molar refractivity (Wildman–Crippen MR) is 111 cm³/mol. The summed E-state index contributed by atoms with van der Waals surface area (Å²) < 4.78 is 8.19. The minimum Gasteiger partial charge on any atom is -0.462 e. The molecule has 1 aromatic carbocycles. The van der Waals surface area contributed by atoms with Crippen molar-refractivity contribution in [3.8, 4) is 0 Å². The maximum Gasteiger partial charge on any atom is 0.338 e. The van der Waals surface area contributed by atoms with E-state index in [-0.39, 0.29) is 5.97 Å². The Hall–Kier alpha value is -2.22. The fraction of sp³-hybridized carbons (Fsp3) is 0.500. The van der Waals surface area contributed by atoms with Gasteiger partial charge in [0.2, 0.25) is 5.95 Å². The van der Waals surface area contributed by atoms with Crippen LogP contribution in [0.1, 0.15) is 64.0 Å². The van der Waals surface area contributed by atoms with Gasteiger partial charge in [-0.05, 0) is 41.5 Å². The monoisotopic (exact) mass is 447 g/mol. The van der Waals surface area contributed by atoms with Gasteiger partial charge in [-0.3, -0.25) is 0 Å². The average Bonchev–Trinajstić information content (AvgIpc) is 3.14. The van der Waals surface area contributed by atoms with Gasteiger partial charge in [-0.25, -0.2) is 4.79 Å². The van der Waals surface area contributed by atoms with E-state index in [1.165, 1.54) is 25.7 Å². The number of nitrogens with zero attached hydrogens (tertiary/aromatic N) is 4. The van der Waals surface area contributed by atoms with Crippen LogP contribution in [0.4, 0.5) is 5.95 Å². The summed E-state index contributed by atoms with van der Waals surface area (Å²) in [5.41, 5.74) is 2.17. The van der Waals surface area contributed by atoms with Crippen LogP contribution in [0.15, 0.2) is 40.0 Å². The van der Waals surface area contributed by atoms with E-state index in [1.54, 1.807) is 4.68 Å². The molecule has 28 heavy (non-hydrogen) atoms. The summed E-state index contributed by atoms with van der Waals surface area (Å²) in [5.74, 6) is 0.186. The van der Waals surface area contributed by atoms with E-state index in [0.717, 1.165) is 22.9 Å². The molecule has 0 fully saturated rings. The van der Waals surface area contributed by atoms with Crippen molar-refractivity contribution in [2.24, 2.45) is 0 Å². The van der Waals surface area contributed by atoms with Crippen LogP contribution in [0.25, 0.3) is 0 Å². The molecule has 7 nitrogen and oxygen atoms in total. The highest BCUT2D eigenvalue weighted by Gasteiger charge is 2.34. The van der Waals surface area contributed by atoms with Gasteiger partial charge < -0.3 is 10.1 Å². The highest BCUT2D eigenvalue weighted by molar-refractivity contribution is 9.10. The van der Waals surface area contributed by atoms with Gasteiger partial charge in [0.05, 0.1) is 12.2 Å². The van der Waals surface area contributed by atoms with Crippen LogP contribution < -0.4 is 5.32 Å². The van der Waals surface area contributed by atoms with Gasteiger partial charge in [-0.1, -0.05) is 72.2 Å². The highest BCUT2D eigenvalue weighted by atomic mass is 79.9. The Labute approximate surface area is 173 Å². The second-order valence-electron chi connectivity index (χ2n) is 6.97. The molecule has 0 saturated heterocycles. The summed E-state index contributed by atoms with van der Waals surface area (Å²) in [6, 6.07) is 7.38. The molecule has 0 aliphatic carbocycles. The lowest BCUT2D eigenvalue weighted by Crippen LogP contribution is -2.29. The summed E-state index contributed by atoms with van der Waals surface area (Å²) in [4.78, 5) is 12.9. The highest BCUT2D eigenvalue weighted by Crippen LogP contribution is 2.35. The van der Waals surface area contributed by atoms with Crippen LogP contribution in [-0.4, -0.2) is 32.8 Å². The first-order valence-electron chi connectivity index (χ1n) is 9.80. The molecule has 2 heterocycles. The number of benzene rings is 1. The lowest BCUT2D eigenvalue weighted by molar-refractivity contribution is -0.139. The molecular weight excluding hydrogens is 422 g/mol. The number of carbonyl (C=O) groups is 1. The van der Waals surface area contributed by atoms with Crippen LogP contribution in [0, 0.1) is 0 Å².